The molecule has 13 heteroatoms. The first-order valence-electron chi connectivity index (χ1n) is 13.8. The van der Waals surface area contributed by atoms with Crippen molar-refractivity contribution in [3.05, 3.63) is 88.0 Å². The fraction of sp³-hybridized carbons (Fsp3) is 0.281. The number of ether oxygens (including phenoxy) is 4. The number of carbonyl (C=O) groups is 2. The highest BCUT2D eigenvalue weighted by Gasteiger charge is 2.53. The van der Waals surface area contributed by atoms with Gasteiger partial charge in [0.25, 0.3) is 5.91 Å². The van der Waals surface area contributed by atoms with Crippen molar-refractivity contribution in [2.75, 3.05) is 12.4 Å². The number of aliphatic hydroxyl groups is 1. The summed E-state index contributed by atoms with van der Waals surface area (Å²) in [6.45, 7) is 4.85. The van der Waals surface area contributed by atoms with E-state index in [9.17, 15) is 29.0 Å². The molecule has 0 aliphatic carbocycles. The summed E-state index contributed by atoms with van der Waals surface area (Å²) in [4.78, 5) is 37.6. The minimum absolute atomic E-state index is 0.0506. The summed E-state index contributed by atoms with van der Waals surface area (Å²) in [6.07, 6.45) is -6.13. The average Bonchev–Trinajstić information content (AvgIpc) is 2.99. The second kappa shape index (κ2) is 12.2. The normalized spacial score (nSPS) is 20.8. The molecule has 1 saturated heterocycles. The molecule has 0 spiro atoms. The molecule has 12 nitrogen and oxygen atoms in total. The number of benzene rings is 3. The van der Waals surface area contributed by atoms with Crippen LogP contribution in [0.2, 0.25) is 0 Å². The van der Waals surface area contributed by atoms with E-state index in [1.54, 1.807) is 45.0 Å². The Bertz CT molecular complexity index is 1840. The van der Waals surface area contributed by atoms with Gasteiger partial charge in [0, 0.05) is 18.2 Å². The molecule has 5 N–H and O–H groups in total. The number of halogens is 1. The topological polar surface area (TPSA) is 180 Å². The Morgan fingerprint density at radius 3 is 2.42 bits per heavy atom. The fourth-order valence-electron chi connectivity index (χ4n) is 5.37. The van der Waals surface area contributed by atoms with E-state index >= 15 is 0 Å². The lowest BCUT2D eigenvalue weighted by molar-refractivity contribution is -0.304. The van der Waals surface area contributed by atoms with Gasteiger partial charge in [-0.05, 0) is 68.3 Å². The number of nitrogens with two attached hydrogens (primary N) is 1. The molecule has 3 aromatic carbocycles. The van der Waals surface area contributed by atoms with E-state index in [0.29, 0.717) is 11.1 Å². The molecule has 2 amide bonds. The first kappa shape index (κ1) is 31.4. The SMILES string of the molecule is CO[C@@H]1[C@@H](OC(N)=O)[C@@H](O)[C@H](Oc2ccc3c(O)c(NC(=O)c4cccc(-c5cccc(F)c5)c4)c(=O)oc3c2C)OC1(C)C. The minimum atomic E-state index is -1.53. The number of carbonyl (C=O) groups excluding carboxylic acids is 2. The van der Waals surface area contributed by atoms with Gasteiger partial charge in [0.15, 0.2) is 23.6 Å². The van der Waals surface area contributed by atoms with Gasteiger partial charge in [0.1, 0.15) is 23.3 Å². The maximum atomic E-state index is 13.7. The Labute approximate surface area is 256 Å². The largest absolute Gasteiger partial charge is 0.505 e. The molecule has 4 aromatic rings. The molecule has 1 aliphatic heterocycles. The quantitative estimate of drug-likeness (QED) is 0.218. The first-order chi connectivity index (χ1) is 21.3. The smallest absolute Gasteiger partial charge is 0.404 e. The number of aliphatic hydroxyl groups excluding tert-OH is 1. The van der Waals surface area contributed by atoms with Gasteiger partial charge in [0.05, 0.1) is 11.0 Å². The Hall–Kier alpha value is -4.98. The van der Waals surface area contributed by atoms with Gasteiger partial charge >= 0.3 is 11.7 Å². The highest BCUT2D eigenvalue weighted by Crippen LogP contribution is 2.38. The zero-order valence-electron chi connectivity index (χ0n) is 24.7. The van der Waals surface area contributed by atoms with Crippen LogP contribution in [0.15, 0.2) is 69.9 Å². The molecule has 0 saturated carbocycles. The fourth-order valence-corrected chi connectivity index (χ4v) is 5.37. The van der Waals surface area contributed by atoms with Crippen LogP contribution >= 0.6 is 0 Å². The minimum Gasteiger partial charge on any atom is -0.505 e. The Balaban J connectivity index is 1.42. The van der Waals surface area contributed by atoms with E-state index < -0.39 is 65.1 Å². The van der Waals surface area contributed by atoms with Crippen molar-refractivity contribution in [1.82, 2.24) is 0 Å². The number of hydrogen-bond donors (Lipinski definition) is 4. The van der Waals surface area contributed by atoms with Gasteiger partial charge < -0.3 is 44.6 Å². The van der Waals surface area contributed by atoms with Crippen molar-refractivity contribution in [2.45, 2.75) is 51.0 Å². The first-order valence-corrected chi connectivity index (χ1v) is 13.8. The number of rotatable bonds is 7. The molecule has 4 atom stereocenters. The van der Waals surface area contributed by atoms with Crippen LogP contribution in [0.4, 0.5) is 14.9 Å². The highest BCUT2D eigenvalue weighted by molar-refractivity contribution is 6.07. The lowest BCUT2D eigenvalue weighted by Gasteiger charge is -2.47. The van der Waals surface area contributed by atoms with Crippen LogP contribution in [-0.2, 0) is 14.2 Å². The summed E-state index contributed by atoms with van der Waals surface area (Å²) in [6, 6.07) is 15.0. The van der Waals surface area contributed by atoms with Crippen LogP contribution in [0, 0.1) is 12.7 Å². The zero-order valence-corrected chi connectivity index (χ0v) is 24.7. The number of primary amides is 1. The molecule has 1 fully saturated rings. The molecule has 5 rings (SSSR count). The van der Waals surface area contributed by atoms with Crippen LogP contribution in [0.3, 0.4) is 0 Å². The number of methoxy groups -OCH3 is 1. The third kappa shape index (κ3) is 6.18. The van der Waals surface area contributed by atoms with E-state index in [1.165, 1.54) is 43.5 Å². The number of anilines is 1. The van der Waals surface area contributed by atoms with E-state index in [2.05, 4.69) is 5.32 Å². The lowest BCUT2D eigenvalue weighted by Crippen LogP contribution is -2.65. The molecule has 2 heterocycles. The van der Waals surface area contributed by atoms with Gasteiger partial charge in [-0.1, -0.05) is 24.3 Å². The number of amides is 2. The standard InChI is InChI=1S/C32H31FN2O10/c1-15-21(42-30-24(37)26(44-31(34)40)27(41-4)32(2,3)45-30)12-11-20-23(36)22(29(39)43-25(15)20)35-28(38)18-9-5-7-16(13-18)17-8-6-10-19(33)14-17/h5-14,24,26-27,30,36-37H,1-4H3,(H2,34,40)(H,35,38)/t24-,26+,27-,30-/m1/s1. The van der Waals surface area contributed by atoms with Gasteiger partial charge in [-0.15, -0.1) is 0 Å². The van der Waals surface area contributed by atoms with E-state index in [4.69, 9.17) is 29.1 Å². The number of nitrogens with one attached hydrogen (secondary N) is 1. The van der Waals surface area contributed by atoms with E-state index in [0.717, 1.165) is 0 Å². The zero-order chi connectivity index (χ0) is 32.6. The van der Waals surface area contributed by atoms with Crippen LogP contribution in [0.25, 0.3) is 22.1 Å². The van der Waals surface area contributed by atoms with E-state index in [1.807, 2.05) is 0 Å². The predicted octanol–water partition coefficient (Wildman–Crippen LogP) is 4.22. The van der Waals surface area contributed by atoms with Crippen LogP contribution in [0.1, 0.15) is 29.8 Å². The van der Waals surface area contributed by atoms with Crippen molar-refractivity contribution >= 4 is 28.7 Å². The second-order valence-corrected chi connectivity index (χ2v) is 11.0. The monoisotopic (exact) mass is 622 g/mol. The third-order valence-corrected chi connectivity index (χ3v) is 7.54. The lowest BCUT2D eigenvalue weighted by atomic mass is 9.89. The van der Waals surface area contributed by atoms with Crippen LogP contribution in [0.5, 0.6) is 11.5 Å². The van der Waals surface area contributed by atoms with Gasteiger partial charge in [0.2, 0.25) is 6.29 Å². The molecule has 236 valence electrons. The van der Waals surface area contributed by atoms with Crippen molar-refractivity contribution in [3.63, 3.8) is 0 Å². The third-order valence-electron chi connectivity index (χ3n) is 7.54. The molecule has 0 unspecified atom stereocenters. The Morgan fingerprint density at radius 1 is 1.07 bits per heavy atom. The van der Waals surface area contributed by atoms with Gasteiger partial charge in [-0.25, -0.2) is 14.0 Å². The average molecular weight is 623 g/mol. The molecule has 1 aromatic heterocycles. The number of hydrogen-bond acceptors (Lipinski definition) is 10. The predicted molar refractivity (Wildman–Crippen MR) is 160 cm³/mol. The maximum Gasteiger partial charge on any atom is 0.404 e. The van der Waals surface area contributed by atoms with Crippen molar-refractivity contribution in [3.8, 4) is 22.6 Å². The summed E-state index contributed by atoms with van der Waals surface area (Å²) >= 11 is 0. The van der Waals surface area contributed by atoms with Crippen LogP contribution in [-0.4, -0.2) is 59.5 Å². The van der Waals surface area contributed by atoms with Gasteiger partial charge in [-0.2, -0.15) is 0 Å². The Kier molecular flexibility index (Phi) is 8.52. The summed E-state index contributed by atoms with van der Waals surface area (Å²) in [5.74, 6) is -1.57. The van der Waals surface area contributed by atoms with Crippen molar-refractivity contribution in [2.24, 2.45) is 5.73 Å². The Morgan fingerprint density at radius 2 is 1.76 bits per heavy atom. The molecular weight excluding hydrogens is 591 g/mol. The highest BCUT2D eigenvalue weighted by atomic mass is 19.1. The molecular formula is C32H31FN2O10. The molecule has 1 aliphatic rings. The maximum absolute atomic E-state index is 13.7. The molecule has 0 radical (unpaired) electrons. The van der Waals surface area contributed by atoms with Crippen molar-refractivity contribution in [1.29, 1.82) is 0 Å². The van der Waals surface area contributed by atoms with Crippen LogP contribution < -0.4 is 21.4 Å². The van der Waals surface area contributed by atoms with Crippen molar-refractivity contribution < 1.29 is 47.6 Å². The number of aromatic hydroxyl groups is 1. The van der Waals surface area contributed by atoms with E-state index in [-0.39, 0.29) is 27.8 Å². The summed E-state index contributed by atoms with van der Waals surface area (Å²) in [5.41, 5.74) is 4.06. The number of fused-ring (bicyclic) bond motifs is 1. The summed E-state index contributed by atoms with van der Waals surface area (Å²) in [5, 5.41) is 24.4. The van der Waals surface area contributed by atoms with Gasteiger partial charge in [-0.3, -0.25) is 4.79 Å². The summed E-state index contributed by atoms with van der Waals surface area (Å²) < 4.78 is 41.6. The molecule has 0 bridgehead atoms. The summed E-state index contributed by atoms with van der Waals surface area (Å²) in [7, 11) is 1.36. The second-order valence-electron chi connectivity index (χ2n) is 11.0. The molecule has 45 heavy (non-hydrogen) atoms. The number of aryl methyl sites for hydroxylation is 1.